The van der Waals surface area contributed by atoms with Gasteiger partial charge in [0.05, 0.1) is 6.61 Å². The van der Waals surface area contributed by atoms with Gasteiger partial charge in [-0.3, -0.25) is 0 Å². The average molecular weight is 685 g/mol. The predicted molar refractivity (Wildman–Crippen MR) is 118 cm³/mol. The molecule has 0 saturated heterocycles. The molecule has 0 aliphatic carbocycles. The smallest absolute Gasteiger partial charge is 0.147 e. The third kappa shape index (κ3) is 5.36. The summed E-state index contributed by atoms with van der Waals surface area (Å²) in [5.74, 6) is 1.15. The minimum absolute atomic E-state index is 0. The Kier molecular flexibility index (Phi) is 9.17. The maximum atomic E-state index is 11.0. The van der Waals surface area contributed by atoms with Crippen LogP contribution in [-0.4, -0.2) is 25.8 Å². The number of unbranched alkanes of at least 4 members (excludes halogenated alkanes) is 5. The second kappa shape index (κ2) is 10.8. The topological polar surface area (TPSA) is 43.2 Å². The molecule has 0 aliphatic heterocycles. The molecule has 0 atom stereocenters. The van der Waals surface area contributed by atoms with Crippen LogP contribution >= 0.6 is 0 Å². The van der Waals surface area contributed by atoms with Crippen molar-refractivity contribution in [1.82, 2.24) is 14.1 Å². The van der Waals surface area contributed by atoms with Crippen LogP contribution in [0.4, 0.5) is 0 Å². The Hall–Kier alpha value is -0.924. The van der Waals surface area contributed by atoms with E-state index in [9.17, 15) is 5.11 Å². The van der Waals surface area contributed by atoms with Crippen molar-refractivity contribution < 1.29 is 59.5 Å². The molecular weight excluding hydrogens is 651 g/mol. The quantitative estimate of drug-likeness (QED) is 0.215. The van der Waals surface area contributed by atoms with Crippen molar-refractivity contribution in [3.8, 4) is 17.2 Å². The number of aromatic hydroxyl groups is 1. The molecule has 0 spiro atoms. The van der Waals surface area contributed by atoms with E-state index in [1.165, 1.54) is 32.1 Å². The average Bonchev–Trinajstić information content (AvgIpc) is 3.34. The number of rotatable bonds is 9. The molecule has 0 aliphatic rings. The van der Waals surface area contributed by atoms with Gasteiger partial charge in [0.2, 0.25) is 0 Å². The number of phenolic OH excluding ortho intramolecular Hbond substituents is 1. The summed E-state index contributed by atoms with van der Waals surface area (Å²) in [4.78, 5) is 2.01. The van der Waals surface area contributed by atoms with Crippen LogP contribution in [0.1, 0.15) is 71.8 Å². The number of hydrogen-bond acceptors (Lipinski definition) is 2. The predicted octanol–water partition coefficient (Wildman–Crippen LogP) is 6.16. The number of aromatic nitrogens is 3. The second-order valence-corrected chi connectivity index (χ2v) is 9.06. The fourth-order valence-electron chi connectivity index (χ4n) is 3.97. The molecular formula is C24H33N3O2UV. The fraction of sp³-hybridized carbons (Fsp3) is 0.500. The molecule has 4 aromatic rings. The van der Waals surface area contributed by atoms with E-state index >= 15 is 0 Å². The molecule has 4 rings (SSSR count). The Morgan fingerprint density at radius 3 is 2.06 bits per heavy atom. The van der Waals surface area contributed by atoms with Gasteiger partial charge in [-0.2, -0.15) is 0 Å². The largest absolute Gasteiger partial charge is 0.505 e. The van der Waals surface area contributed by atoms with Crippen molar-refractivity contribution >= 4 is 11.0 Å². The van der Waals surface area contributed by atoms with E-state index in [0.29, 0.717) is 12.4 Å². The molecule has 2 aromatic carbocycles. The molecule has 2 heterocycles. The monoisotopic (exact) mass is 684 g/mol. The number of phenols is 1. The van der Waals surface area contributed by atoms with E-state index in [-0.39, 0.29) is 55.1 Å². The molecule has 7 heteroatoms. The first-order chi connectivity index (χ1) is 13.9. The van der Waals surface area contributed by atoms with E-state index in [4.69, 9.17) is 4.74 Å². The molecule has 0 amide bonds. The van der Waals surface area contributed by atoms with Crippen molar-refractivity contribution in [3.63, 3.8) is 0 Å². The van der Waals surface area contributed by atoms with Gasteiger partial charge in [-0.25, -0.2) is 0 Å². The maximum Gasteiger partial charge on any atom is 0.147 e. The molecule has 1 N–H and O–H groups in total. The van der Waals surface area contributed by atoms with E-state index in [1.54, 1.807) is 0 Å². The van der Waals surface area contributed by atoms with Crippen LogP contribution in [0, 0.1) is 31.1 Å². The second-order valence-electron chi connectivity index (χ2n) is 9.06. The van der Waals surface area contributed by atoms with Crippen LogP contribution in [0.5, 0.6) is 11.5 Å². The molecule has 31 heavy (non-hydrogen) atoms. The summed E-state index contributed by atoms with van der Waals surface area (Å²) < 4.78 is 10.2. The van der Waals surface area contributed by atoms with Gasteiger partial charge in [-0.1, -0.05) is 71.9 Å². The fourth-order valence-corrected chi connectivity index (χ4v) is 3.97. The first-order valence-corrected chi connectivity index (χ1v) is 10.9. The van der Waals surface area contributed by atoms with Crippen LogP contribution in [0.3, 0.4) is 0 Å². The van der Waals surface area contributed by atoms with Gasteiger partial charge < -0.3 is 9.84 Å². The van der Waals surface area contributed by atoms with Crippen molar-refractivity contribution in [2.24, 2.45) is 0 Å². The van der Waals surface area contributed by atoms with Gasteiger partial charge in [-0.05, 0) is 30.0 Å². The van der Waals surface area contributed by atoms with Crippen LogP contribution in [0.15, 0.2) is 36.4 Å². The summed E-state index contributed by atoms with van der Waals surface area (Å²) in [6.45, 7) is 9.32. The zero-order valence-electron chi connectivity index (χ0n) is 19.1. The molecule has 0 saturated carbocycles. The molecule has 0 unspecified atom stereocenters. The molecule has 0 fully saturated rings. The molecule has 165 valence electrons. The summed E-state index contributed by atoms with van der Waals surface area (Å²) in [5.41, 5.74) is 3.81. The van der Waals surface area contributed by atoms with E-state index in [0.717, 1.165) is 34.5 Å². The Labute approximate surface area is 220 Å². The third-order valence-corrected chi connectivity index (χ3v) is 5.67. The van der Waals surface area contributed by atoms with Crippen molar-refractivity contribution in [3.05, 3.63) is 42.0 Å². The Morgan fingerprint density at radius 1 is 0.903 bits per heavy atom. The first-order valence-electron chi connectivity index (χ1n) is 10.9. The van der Waals surface area contributed by atoms with Crippen LogP contribution < -0.4 is 4.74 Å². The Morgan fingerprint density at radius 2 is 1.48 bits per heavy atom. The minimum atomic E-state index is -0.176. The molecule has 5 nitrogen and oxygen atoms in total. The summed E-state index contributed by atoms with van der Waals surface area (Å²) in [6.07, 6.45) is 7.47. The summed E-state index contributed by atoms with van der Waals surface area (Å²) in [7, 11) is 0. The number of fused-ring (bicyclic) bond motifs is 4. The normalized spacial score (nSPS) is 11.7. The van der Waals surface area contributed by atoms with Gasteiger partial charge >= 0.3 is 0 Å². The Balaban J connectivity index is 0.00000171. The van der Waals surface area contributed by atoms with Crippen molar-refractivity contribution in [1.29, 1.82) is 0 Å². The number of benzene rings is 2. The van der Waals surface area contributed by atoms with Gasteiger partial charge in [0.15, 0.2) is 0 Å². The first kappa shape index (κ1) is 26.3. The number of ether oxygens (including phenoxy) is 1. The number of para-hydroxylation sites is 2. The number of nitrogens with zero attached hydrogens (tertiary/aromatic N) is 3. The van der Waals surface area contributed by atoms with Crippen LogP contribution in [-0.2, 0) is 24.0 Å². The van der Waals surface area contributed by atoms with Crippen LogP contribution in [0.25, 0.3) is 16.7 Å². The molecule has 1 radical (unpaired) electrons. The molecule has 0 bridgehead atoms. The molecule has 2 aromatic heterocycles. The summed E-state index contributed by atoms with van der Waals surface area (Å²) >= 11 is 0. The number of hydrogen-bond donors (Lipinski definition) is 1. The summed E-state index contributed by atoms with van der Waals surface area (Å²) in [6, 6.07) is 12.2. The van der Waals surface area contributed by atoms with E-state index in [2.05, 4.69) is 49.1 Å². The maximum absolute atomic E-state index is 11.0. The standard InChI is InChI=1S/C24H33N3O2.U.V/c1-5-6-7-8-9-12-15-29-18-16-19(24(2,3)4)23(28)22(17-18)27-25-20-13-10-11-14-21(20)26(25)27;;/h10-11,13-14,16-17,28H,5-9,12,15H2,1-4H3;;. The minimum Gasteiger partial charge on any atom is -0.505 e. The SMILES string of the molecule is CCCCCCCCOc1cc(-n2n3c4ccccc4n23)c(O)c(C(C)(C)C)c1.[U].[V]. The van der Waals surface area contributed by atoms with Gasteiger partial charge in [0.25, 0.3) is 0 Å². The zero-order valence-corrected chi connectivity index (χ0v) is 24.6. The Bertz CT molecular complexity index is 1050. The van der Waals surface area contributed by atoms with E-state index in [1.807, 2.05) is 29.1 Å². The van der Waals surface area contributed by atoms with E-state index < -0.39 is 0 Å². The third-order valence-electron chi connectivity index (χ3n) is 5.67. The van der Waals surface area contributed by atoms with Crippen molar-refractivity contribution in [2.45, 2.75) is 71.6 Å². The van der Waals surface area contributed by atoms with Gasteiger partial charge in [0.1, 0.15) is 28.2 Å². The zero-order chi connectivity index (χ0) is 20.6. The van der Waals surface area contributed by atoms with Crippen molar-refractivity contribution in [2.75, 3.05) is 6.61 Å². The van der Waals surface area contributed by atoms with Gasteiger partial charge in [-0.15, -0.1) is 14.1 Å². The van der Waals surface area contributed by atoms with Crippen LogP contribution in [0.2, 0.25) is 0 Å². The summed E-state index contributed by atoms with van der Waals surface area (Å²) in [5, 5.41) is 11.0. The van der Waals surface area contributed by atoms with Gasteiger partial charge in [0, 0.05) is 61.3 Å².